The minimum Gasteiger partial charge on any atom is -0.493 e. The summed E-state index contributed by atoms with van der Waals surface area (Å²) in [5.41, 5.74) is 0.945. The number of methoxy groups -OCH3 is 1. The molecule has 1 aliphatic heterocycles. The number of amides is 1. The molecule has 4 heteroatoms. The highest BCUT2D eigenvalue weighted by Crippen LogP contribution is 2.29. The second kappa shape index (κ2) is 10.8. The van der Waals surface area contributed by atoms with Crippen LogP contribution in [0.25, 0.3) is 6.08 Å². The van der Waals surface area contributed by atoms with Gasteiger partial charge in [0.1, 0.15) is 0 Å². The number of unbranched alkanes of at least 4 members (excludes halogenated alkanes) is 3. The van der Waals surface area contributed by atoms with E-state index in [1.54, 1.807) is 13.2 Å². The highest BCUT2D eigenvalue weighted by atomic mass is 16.5. The van der Waals surface area contributed by atoms with E-state index in [4.69, 9.17) is 9.47 Å². The zero-order valence-electron chi connectivity index (χ0n) is 15.6. The fraction of sp³-hybridized carbons (Fsp3) is 0.571. The van der Waals surface area contributed by atoms with Crippen LogP contribution in [0.2, 0.25) is 0 Å². The third-order valence-electron chi connectivity index (χ3n) is 4.53. The van der Waals surface area contributed by atoms with Gasteiger partial charge < -0.3 is 14.4 Å². The van der Waals surface area contributed by atoms with Crippen molar-refractivity contribution >= 4 is 12.0 Å². The first-order chi connectivity index (χ1) is 12.2. The van der Waals surface area contributed by atoms with E-state index in [-0.39, 0.29) is 5.91 Å². The van der Waals surface area contributed by atoms with E-state index in [0.717, 1.165) is 43.7 Å². The lowest BCUT2D eigenvalue weighted by atomic mass is 10.1. The van der Waals surface area contributed by atoms with Crippen molar-refractivity contribution in [1.29, 1.82) is 0 Å². The summed E-state index contributed by atoms with van der Waals surface area (Å²) in [6.07, 6.45) is 11.7. The Balaban J connectivity index is 1.90. The molecule has 2 rings (SSSR count). The van der Waals surface area contributed by atoms with Crippen molar-refractivity contribution in [2.75, 3.05) is 26.8 Å². The highest BCUT2D eigenvalue weighted by Gasteiger charge is 2.13. The summed E-state index contributed by atoms with van der Waals surface area (Å²) in [5.74, 6) is 1.57. The topological polar surface area (TPSA) is 38.8 Å². The van der Waals surface area contributed by atoms with Crippen molar-refractivity contribution in [2.45, 2.75) is 51.9 Å². The van der Waals surface area contributed by atoms with Crippen molar-refractivity contribution in [3.8, 4) is 11.5 Å². The molecule has 0 bridgehead atoms. The molecule has 1 amide bonds. The van der Waals surface area contributed by atoms with E-state index in [9.17, 15) is 4.79 Å². The van der Waals surface area contributed by atoms with E-state index in [1.165, 1.54) is 25.7 Å². The number of rotatable bonds is 9. The van der Waals surface area contributed by atoms with Crippen LogP contribution in [0.3, 0.4) is 0 Å². The van der Waals surface area contributed by atoms with Crippen LogP contribution in [0.4, 0.5) is 0 Å². The first kappa shape index (κ1) is 19.4. The lowest BCUT2D eigenvalue weighted by Crippen LogP contribution is -2.34. The molecule has 0 aromatic heterocycles. The van der Waals surface area contributed by atoms with Crippen LogP contribution in [0, 0.1) is 0 Å². The van der Waals surface area contributed by atoms with E-state index >= 15 is 0 Å². The first-order valence-corrected chi connectivity index (χ1v) is 9.52. The van der Waals surface area contributed by atoms with Crippen LogP contribution in [0.1, 0.15) is 57.4 Å². The molecule has 1 aromatic carbocycles. The molecule has 0 aliphatic carbocycles. The molecule has 1 aliphatic rings. The average molecular weight is 345 g/mol. The van der Waals surface area contributed by atoms with E-state index in [1.807, 2.05) is 29.2 Å². The summed E-state index contributed by atoms with van der Waals surface area (Å²) in [7, 11) is 1.64. The standard InChI is InChI=1S/C21H31NO3/c1-3-4-5-9-16-25-19-12-10-18(17-20(19)24-2)11-13-21(23)22-14-7-6-8-15-22/h10-13,17H,3-9,14-16H2,1-2H3/b13-11+. The second-order valence-electron chi connectivity index (χ2n) is 6.54. The largest absolute Gasteiger partial charge is 0.493 e. The van der Waals surface area contributed by atoms with Gasteiger partial charge in [0.05, 0.1) is 13.7 Å². The Morgan fingerprint density at radius 1 is 1.12 bits per heavy atom. The van der Waals surface area contributed by atoms with Crippen LogP contribution >= 0.6 is 0 Å². The molecule has 0 unspecified atom stereocenters. The fourth-order valence-electron chi connectivity index (χ4n) is 3.01. The second-order valence-corrected chi connectivity index (χ2v) is 6.54. The lowest BCUT2D eigenvalue weighted by Gasteiger charge is -2.25. The number of carbonyl (C=O) groups is 1. The lowest BCUT2D eigenvalue weighted by molar-refractivity contribution is -0.126. The smallest absolute Gasteiger partial charge is 0.246 e. The van der Waals surface area contributed by atoms with Crippen molar-refractivity contribution in [2.24, 2.45) is 0 Å². The van der Waals surface area contributed by atoms with E-state index < -0.39 is 0 Å². The zero-order chi connectivity index (χ0) is 17.9. The third kappa shape index (κ3) is 6.45. The van der Waals surface area contributed by atoms with Crippen molar-refractivity contribution in [3.05, 3.63) is 29.8 Å². The Hall–Kier alpha value is -1.97. The molecule has 0 N–H and O–H groups in total. The maximum absolute atomic E-state index is 12.2. The highest BCUT2D eigenvalue weighted by molar-refractivity contribution is 5.91. The molecular weight excluding hydrogens is 314 g/mol. The monoisotopic (exact) mass is 345 g/mol. The molecule has 1 aromatic rings. The molecule has 0 spiro atoms. The van der Waals surface area contributed by atoms with Gasteiger partial charge in [0.25, 0.3) is 0 Å². The summed E-state index contributed by atoms with van der Waals surface area (Å²) >= 11 is 0. The average Bonchev–Trinajstić information content (AvgIpc) is 2.67. The number of piperidine rings is 1. The molecule has 4 nitrogen and oxygen atoms in total. The van der Waals surface area contributed by atoms with Gasteiger partial charge in [-0.05, 0) is 49.5 Å². The molecular formula is C21H31NO3. The first-order valence-electron chi connectivity index (χ1n) is 9.52. The molecule has 0 saturated carbocycles. The van der Waals surface area contributed by atoms with Gasteiger partial charge in [-0.2, -0.15) is 0 Å². The molecule has 0 atom stereocenters. The minimum atomic E-state index is 0.0925. The summed E-state index contributed by atoms with van der Waals surface area (Å²) in [4.78, 5) is 14.1. The van der Waals surface area contributed by atoms with E-state index in [2.05, 4.69) is 6.92 Å². The van der Waals surface area contributed by atoms with Crippen molar-refractivity contribution in [3.63, 3.8) is 0 Å². The van der Waals surface area contributed by atoms with Crippen LogP contribution in [-0.4, -0.2) is 37.6 Å². The number of benzene rings is 1. The number of nitrogens with zero attached hydrogens (tertiary/aromatic N) is 1. The Kier molecular flexibility index (Phi) is 8.36. The Morgan fingerprint density at radius 2 is 1.92 bits per heavy atom. The number of hydrogen-bond donors (Lipinski definition) is 0. The van der Waals surface area contributed by atoms with Crippen LogP contribution in [-0.2, 0) is 4.79 Å². The normalized spacial score (nSPS) is 14.7. The molecule has 0 radical (unpaired) electrons. The predicted octanol–water partition coefficient (Wildman–Crippen LogP) is 4.68. The van der Waals surface area contributed by atoms with Gasteiger partial charge in [-0.1, -0.05) is 32.3 Å². The number of ether oxygens (including phenoxy) is 2. The SMILES string of the molecule is CCCCCCOc1ccc(/C=C/C(=O)N2CCCCC2)cc1OC. The third-order valence-corrected chi connectivity index (χ3v) is 4.53. The van der Waals surface area contributed by atoms with Crippen molar-refractivity contribution in [1.82, 2.24) is 4.90 Å². The molecule has 25 heavy (non-hydrogen) atoms. The Bertz CT molecular complexity index is 562. The summed E-state index contributed by atoms with van der Waals surface area (Å²) in [6, 6.07) is 5.80. The van der Waals surface area contributed by atoms with Crippen LogP contribution < -0.4 is 9.47 Å². The maximum atomic E-state index is 12.2. The summed E-state index contributed by atoms with van der Waals surface area (Å²) < 4.78 is 11.3. The van der Waals surface area contributed by atoms with Gasteiger partial charge in [-0.3, -0.25) is 4.79 Å². The predicted molar refractivity (Wildman–Crippen MR) is 102 cm³/mol. The fourth-order valence-corrected chi connectivity index (χ4v) is 3.01. The quantitative estimate of drug-likeness (QED) is 0.482. The molecule has 1 fully saturated rings. The Labute approximate surface area is 151 Å². The maximum Gasteiger partial charge on any atom is 0.246 e. The van der Waals surface area contributed by atoms with Gasteiger partial charge in [0.2, 0.25) is 5.91 Å². The van der Waals surface area contributed by atoms with Gasteiger partial charge in [0.15, 0.2) is 11.5 Å². The molecule has 1 saturated heterocycles. The van der Waals surface area contributed by atoms with Gasteiger partial charge in [0, 0.05) is 19.2 Å². The summed E-state index contributed by atoms with van der Waals surface area (Å²) in [5, 5.41) is 0. The molecule has 1 heterocycles. The minimum absolute atomic E-state index is 0.0925. The number of likely N-dealkylation sites (tertiary alicyclic amines) is 1. The zero-order valence-corrected chi connectivity index (χ0v) is 15.6. The summed E-state index contributed by atoms with van der Waals surface area (Å²) in [6.45, 7) is 4.65. The van der Waals surface area contributed by atoms with Gasteiger partial charge in [-0.15, -0.1) is 0 Å². The number of hydrogen-bond acceptors (Lipinski definition) is 3. The number of carbonyl (C=O) groups excluding carboxylic acids is 1. The van der Waals surface area contributed by atoms with Crippen molar-refractivity contribution < 1.29 is 14.3 Å². The van der Waals surface area contributed by atoms with Gasteiger partial charge >= 0.3 is 0 Å². The van der Waals surface area contributed by atoms with Crippen LogP contribution in [0.15, 0.2) is 24.3 Å². The van der Waals surface area contributed by atoms with Gasteiger partial charge in [-0.25, -0.2) is 0 Å². The molecule has 138 valence electrons. The Morgan fingerprint density at radius 3 is 2.64 bits per heavy atom. The van der Waals surface area contributed by atoms with Crippen LogP contribution in [0.5, 0.6) is 11.5 Å². The van der Waals surface area contributed by atoms with E-state index in [0.29, 0.717) is 12.4 Å².